The molecule has 6 rings (SSSR count). The summed E-state index contributed by atoms with van der Waals surface area (Å²) in [5, 5.41) is 15.7. The third-order valence-electron chi connectivity index (χ3n) is 5.79. The number of benzene rings is 4. The van der Waals surface area contributed by atoms with Crippen LogP contribution in [0.2, 0.25) is 0 Å². The van der Waals surface area contributed by atoms with Crippen molar-refractivity contribution in [1.82, 2.24) is 4.90 Å². The average molecular weight is 432 g/mol. The first-order valence-corrected chi connectivity index (χ1v) is 11.2. The van der Waals surface area contributed by atoms with Gasteiger partial charge in [0.2, 0.25) is 0 Å². The maximum absolute atomic E-state index is 13.0. The van der Waals surface area contributed by atoms with Crippen LogP contribution in [0, 0.1) is 5.41 Å². The van der Waals surface area contributed by atoms with Crippen LogP contribution in [0.15, 0.2) is 101 Å². The van der Waals surface area contributed by atoms with E-state index in [1.807, 2.05) is 66.1 Å². The maximum Gasteiger partial charge on any atom is 0.283 e. The van der Waals surface area contributed by atoms with Crippen LogP contribution >= 0.6 is 11.8 Å². The molecule has 4 aromatic carbocycles. The van der Waals surface area contributed by atoms with Gasteiger partial charge in [0.15, 0.2) is 5.17 Å². The standard InChI is InChI=1S/C27H17N3OS/c28-25-23(26(31)29-27-30(25)24(16-32-27)17-8-2-1-3-9-17)15-22-20-12-6-4-10-18(20)14-19-11-5-7-13-21(19)22/h1-16,28H. The number of hydrogen-bond acceptors (Lipinski definition) is 3. The molecule has 0 saturated carbocycles. The molecule has 2 aliphatic rings. The first-order valence-electron chi connectivity index (χ1n) is 10.3. The monoisotopic (exact) mass is 431 g/mol. The SMILES string of the molecule is N=C1C(=Cc2c3ccccc3cc3ccccc23)C(=O)N=C2SC=C(c3ccccc3)N12. The fraction of sp³-hybridized carbons (Fsp3) is 0. The second kappa shape index (κ2) is 7.32. The number of carbonyl (C=O) groups is 1. The van der Waals surface area contributed by atoms with E-state index >= 15 is 0 Å². The number of rotatable bonds is 2. The molecule has 0 fully saturated rings. The molecule has 32 heavy (non-hydrogen) atoms. The molecule has 0 unspecified atom stereocenters. The number of carbonyl (C=O) groups excluding carboxylic acids is 1. The Bertz CT molecular complexity index is 1480. The first kappa shape index (κ1) is 18.8. The Morgan fingerprint density at radius 3 is 2.16 bits per heavy atom. The fourth-order valence-electron chi connectivity index (χ4n) is 4.26. The molecule has 0 spiro atoms. The van der Waals surface area contributed by atoms with Crippen molar-refractivity contribution < 1.29 is 4.79 Å². The highest BCUT2D eigenvalue weighted by Crippen LogP contribution is 2.38. The molecule has 0 aromatic heterocycles. The maximum atomic E-state index is 13.0. The summed E-state index contributed by atoms with van der Waals surface area (Å²) >= 11 is 1.38. The Morgan fingerprint density at radius 1 is 0.844 bits per heavy atom. The summed E-state index contributed by atoms with van der Waals surface area (Å²) in [6.45, 7) is 0. The summed E-state index contributed by atoms with van der Waals surface area (Å²) in [6, 6.07) is 28.3. The molecule has 0 atom stereocenters. The van der Waals surface area contributed by atoms with Gasteiger partial charge in [-0.2, -0.15) is 4.99 Å². The van der Waals surface area contributed by atoms with Gasteiger partial charge < -0.3 is 0 Å². The lowest BCUT2D eigenvalue weighted by Crippen LogP contribution is -2.38. The van der Waals surface area contributed by atoms with Crippen molar-refractivity contribution in [3.8, 4) is 0 Å². The molecular formula is C27H17N3OS. The quantitative estimate of drug-likeness (QED) is 0.299. The zero-order valence-electron chi connectivity index (χ0n) is 16.9. The molecule has 1 amide bonds. The normalized spacial score (nSPS) is 17.1. The van der Waals surface area contributed by atoms with E-state index in [9.17, 15) is 4.79 Å². The highest BCUT2D eigenvalue weighted by Gasteiger charge is 2.36. The van der Waals surface area contributed by atoms with Gasteiger partial charge in [0, 0.05) is 5.41 Å². The molecule has 2 aliphatic heterocycles. The minimum atomic E-state index is -0.381. The van der Waals surface area contributed by atoms with Crippen molar-refractivity contribution in [2.45, 2.75) is 0 Å². The molecule has 4 aromatic rings. The zero-order chi connectivity index (χ0) is 21.7. The summed E-state index contributed by atoms with van der Waals surface area (Å²) in [6.07, 6.45) is 1.83. The Hall–Kier alpha value is -3.96. The summed E-state index contributed by atoms with van der Waals surface area (Å²) < 4.78 is 0. The molecule has 0 aliphatic carbocycles. The average Bonchev–Trinajstić information content (AvgIpc) is 3.25. The van der Waals surface area contributed by atoms with E-state index in [0.29, 0.717) is 10.7 Å². The Kier molecular flexibility index (Phi) is 4.30. The van der Waals surface area contributed by atoms with E-state index < -0.39 is 0 Å². The van der Waals surface area contributed by atoms with Crippen molar-refractivity contribution >= 4 is 62.0 Å². The summed E-state index contributed by atoms with van der Waals surface area (Å²) in [7, 11) is 0. The number of nitrogens with one attached hydrogen (secondary N) is 1. The van der Waals surface area contributed by atoms with Crippen molar-refractivity contribution in [3.63, 3.8) is 0 Å². The van der Waals surface area contributed by atoms with Crippen LogP contribution in [-0.4, -0.2) is 21.8 Å². The molecule has 1 N–H and O–H groups in total. The van der Waals surface area contributed by atoms with Crippen molar-refractivity contribution in [3.05, 3.63) is 107 Å². The molecule has 2 heterocycles. The van der Waals surface area contributed by atoms with Gasteiger partial charge in [-0.3, -0.25) is 15.1 Å². The Morgan fingerprint density at radius 2 is 1.47 bits per heavy atom. The zero-order valence-corrected chi connectivity index (χ0v) is 17.8. The van der Waals surface area contributed by atoms with Crippen molar-refractivity contribution in [2.24, 2.45) is 4.99 Å². The summed E-state index contributed by atoms with van der Waals surface area (Å²) in [5.41, 5.74) is 3.07. The number of nitrogens with zero attached hydrogens (tertiary/aromatic N) is 2. The van der Waals surface area contributed by atoms with Gasteiger partial charge in [-0.05, 0) is 44.8 Å². The van der Waals surface area contributed by atoms with Crippen LogP contribution in [-0.2, 0) is 4.79 Å². The lowest BCUT2D eigenvalue weighted by Gasteiger charge is -2.27. The van der Waals surface area contributed by atoms with Gasteiger partial charge in [-0.15, -0.1) is 0 Å². The smallest absolute Gasteiger partial charge is 0.283 e. The lowest BCUT2D eigenvalue weighted by molar-refractivity contribution is -0.114. The van der Waals surface area contributed by atoms with Crippen LogP contribution in [0.25, 0.3) is 33.3 Å². The Labute approximate surface area is 189 Å². The molecule has 152 valence electrons. The first-order chi connectivity index (χ1) is 15.7. The highest BCUT2D eigenvalue weighted by molar-refractivity contribution is 8.17. The number of aliphatic imine (C=N–C) groups is 1. The molecule has 0 bridgehead atoms. The van der Waals surface area contributed by atoms with Crippen LogP contribution in [0.3, 0.4) is 0 Å². The van der Waals surface area contributed by atoms with Crippen LogP contribution in [0.1, 0.15) is 11.1 Å². The lowest BCUT2D eigenvalue weighted by atomic mass is 9.94. The molecule has 4 nitrogen and oxygen atoms in total. The van der Waals surface area contributed by atoms with Crippen LogP contribution in [0.5, 0.6) is 0 Å². The molecule has 0 radical (unpaired) electrons. The summed E-state index contributed by atoms with van der Waals surface area (Å²) in [4.78, 5) is 19.1. The van der Waals surface area contributed by atoms with E-state index in [2.05, 4.69) is 35.3 Å². The van der Waals surface area contributed by atoms with E-state index in [0.717, 1.165) is 38.4 Å². The molecule has 5 heteroatoms. The van der Waals surface area contributed by atoms with Gasteiger partial charge in [-0.1, -0.05) is 90.6 Å². The van der Waals surface area contributed by atoms with Gasteiger partial charge in [0.05, 0.1) is 11.3 Å². The second-order valence-corrected chi connectivity index (χ2v) is 8.50. The van der Waals surface area contributed by atoms with E-state index in [4.69, 9.17) is 5.41 Å². The van der Waals surface area contributed by atoms with Gasteiger partial charge >= 0.3 is 0 Å². The van der Waals surface area contributed by atoms with Crippen LogP contribution < -0.4 is 0 Å². The highest BCUT2D eigenvalue weighted by atomic mass is 32.2. The van der Waals surface area contributed by atoms with Gasteiger partial charge in [0.1, 0.15) is 5.84 Å². The summed E-state index contributed by atoms with van der Waals surface area (Å²) in [5.74, 6) is -0.231. The largest absolute Gasteiger partial charge is 0.283 e. The predicted octanol–water partition coefficient (Wildman–Crippen LogP) is 6.30. The van der Waals surface area contributed by atoms with E-state index in [1.54, 1.807) is 4.90 Å². The number of thioether (sulfide) groups is 1. The number of amidine groups is 2. The third kappa shape index (κ3) is 2.90. The Balaban J connectivity index is 1.54. The topological polar surface area (TPSA) is 56.5 Å². The molecule has 0 saturated heterocycles. The third-order valence-corrected chi connectivity index (χ3v) is 6.61. The van der Waals surface area contributed by atoms with Crippen molar-refractivity contribution in [1.29, 1.82) is 5.41 Å². The van der Waals surface area contributed by atoms with E-state index in [1.165, 1.54) is 11.8 Å². The van der Waals surface area contributed by atoms with Crippen LogP contribution in [0.4, 0.5) is 0 Å². The second-order valence-electron chi connectivity index (χ2n) is 7.66. The van der Waals surface area contributed by atoms with E-state index in [-0.39, 0.29) is 11.7 Å². The molecular weight excluding hydrogens is 414 g/mol. The number of fused-ring (bicyclic) bond motifs is 3. The number of amides is 1. The minimum absolute atomic E-state index is 0.150. The number of hydrogen-bond donors (Lipinski definition) is 1. The van der Waals surface area contributed by atoms with Crippen molar-refractivity contribution in [2.75, 3.05) is 0 Å². The van der Waals surface area contributed by atoms with Gasteiger partial charge in [-0.25, -0.2) is 0 Å². The van der Waals surface area contributed by atoms with Gasteiger partial charge in [0.25, 0.3) is 5.91 Å². The predicted molar refractivity (Wildman–Crippen MR) is 133 cm³/mol. The fourth-order valence-corrected chi connectivity index (χ4v) is 5.15. The minimum Gasteiger partial charge on any atom is -0.283 e.